The van der Waals surface area contributed by atoms with E-state index in [2.05, 4.69) is 14.9 Å². The van der Waals surface area contributed by atoms with Gasteiger partial charge in [-0.1, -0.05) is 6.07 Å². The molecule has 5 rings (SSSR count). The predicted octanol–water partition coefficient (Wildman–Crippen LogP) is 4.41. The third-order valence-electron chi connectivity index (χ3n) is 7.75. The minimum atomic E-state index is -0.348. The minimum absolute atomic E-state index is 0.0158. The number of amides is 1. The molecule has 0 spiro atoms. The lowest BCUT2D eigenvalue weighted by atomic mass is 9.90. The van der Waals surface area contributed by atoms with Gasteiger partial charge in [-0.2, -0.15) is 0 Å². The van der Waals surface area contributed by atoms with E-state index < -0.39 is 0 Å². The number of ether oxygens (including phenoxy) is 1. The molecule has 34 heavy (non-hydrogen) atoms. The largest absolute Gasteiger partial charge is 0.493 e. The maximum atomic E-state index is 14.5. The quantitative estimate of drug-likeness (QED) is 0.577. The summed E-state index contributed by atoms with van der Waals surface area (Å²) >= 11 is 0. The smallest absolute Gasteiger partial charge is 0.227 e. The molecule has 3 aliphatic rings. The first-order chi connectivity index (χ1) is 16.6. The van der Waals surface area contributed by atoms with Crippen molar-refractivity contribution in [1.29, 1.82) is 0 Å². The number of aryl methyl sites for hydroxylation is 1. The third-order valence-corrected chi connectivity index (χ3v) is 7.75. The van der Waals surface area contributed by atoms with Crippen LogP contribution in [0.1, 0.15) is 49.7 Å². The fraction of sp³-hybridized carbons (Fsp3) is 0.593. The standard InChI is InChI=1S/C27H35FN4O2/c1-19-17-29-27(30-18-19)32-11-6-20(7-12-32)24-14-21(24)8-13-34-23-5-4-22(25(28)16-23)15-26(33)31-9-2-3-10-31/h4-5,16-18,20-21,24H,2-3,6-15H2,1H3. The Morgan fingerprint density at radius 3 is 2.56 bits per heavy atom. The van der Waals surface area contributed by atoms with Crippen LogP contribution in [0.5, 0.6) is 5.75 Å². The summed E-state index contributed by atoms with van der Waals surface area (Å²) in [5.74, 6) is 3.36. The highest BCUT2D eigenvalue weighted by Gasteiger charge is 2.43. The Morgan fingerprint density at radius 2 is 1.85 bits per heavy atom. The average Bonchev–Trinajstić information content (AvgIpc) is 3.39. The zero-order valence-corrected chi connectivity index (χ0v) is 20.1. The number of aromatic nitrogens is 2. The Kier molecular flexibility index (Phi) is 6.97. The molecule has 2 saturated heterocycles. The molecule has 182 valence electrons. The van der Waals surface area contributed by atoms with Crippen LogP contribution in [0.15, 0.2) is 30.6 Å². The van der Waals surface area contributed by atoms with E-state index in [0.717, 1.165) is 74.7 Å². The molecule has 2 aromatic rings. The number of carbonyl (C=O) groups is 1. The van der Waals surface area contributed by atoms with Crippen LogP contribution in [0.4, 0.5) is 10.3 Å². The van der Waals surface area contributed by atoms with Gasteiger partial charge in [-0.05, 0) is 80.4 Å². The summed E-state index contributed by atoms with van der Waals surface area (Å²) in [5.41, 5.74) is 1.54. The molecule has 2 atom stereocenters. The first-order valence-corrected chi connectivity index (χ1v) is 12.8. The Morgan fingerprint density at radius 1 is 1.12 bits per heavy atom. The molecule has 1 amide bonds. The molecule has 1 aliphatic carbocycles. The number of piperidine rings is 1. The number of hydrogen-bond acceptors (Lipinski definition) is 5. The van der Waals surface area contributed by atoms with Crippen molar-refractivity contribution in [3.05, 3.63) is 47.5 Å². The molecular weight excluding hydrogens is 431 g/mol. The van der Waals surface area contributed by atoms with Crippen LogP contribution in [0.25, 0.3) is 0 Å². The van der Waals surface area contributed by atoms with E-state index in [0.29, 0.717) is 17.9 Å². The second-order valence-corrected chi connectivity index (χ2v) is 10.2. The average molecular weight is 467 g/mol. The van der Waals surface area contributed by atoms with Gasteiger partial charge >= 0.3 is 0 Å². The van der Waals surface area contributed by atoms with E-state index in [9.17, 15) is 9.18 Å². The Labute approximate surface area is 201 Å². The molecule has 0 radical (unpaired) electrons. The topological polar surface area (TPSA) is 58.6 Å². The summed E-state index contributed by atoms with van der Waals surface area (Å²) < 4.78 is 20.4. The molecule has 0 bridgehead atoms. The van der Waals surface area contributed by atoms with Crippen molar-refractivity contribution >= 4 is 11.9 Å². The van der Waals surface area contributed by atoms with Crippen LogP contribution < -0.4 is 9.64 Å². The van der Waals surface area contributed by atoms with Crippen LogP contribution in [0.2, 0.25) is 0 Å². The summed E-state index contributed by atoms with van der Waals surface area (Å²) in [7, 11) is 0. The van der Waals surface area contributed by atoms with Gasteiger partial charge in [-0.3, -0.25) is 4.79 Å². The lowest BCUT2D eigenvalue weighted by Crippen LogP contribution is -2.35. The molecule has 0 N–H and O–H groups in total. The van der Waals surface area contributed by atoms with Crippen molar-refractivity contribution in [3.8, 4) is 5.75 Å². The fourth-order valence-electron chi connectivity index (χ4n) is 5.59. The van der Waals surface area contributed by atoms with Gasteiger partial charge in [0.1, 0.15) is 11.6 Å². The zero-order chi connectivity index (χ0) is 23.5. The summed E-state index contributed by atoms with van der Waals surface area (Å²) in [4.78, 5) is 25.4. The van der Waals surface area contributed by atoms with E-state index in [-0.39, 0.29) is 18.1 Å². The van der Waals surface area contributed by atoms with Crippen molar-refractivity contribution in [2.45, 2.75) is 51.9 Å². The number of anilines is 1. The second kappa shape index (κ2) is 10.3. The highest BCUT2D eigenvalue weighted by atomic mass is 19.1. The monoisotopic (exact) mass is 466 g/mol. The highest BCUT2D eigenvalue weighted by Crippen LogP contribution is 2.49. The summed E-state index contributed by atoms with van der Waals surface area (Å²) in [6.45, 7) is 6.27. The van der Waals surface area contributed by atoms with Crippen LogP contribution in [0, 0.1) is 30.5 Å². The van der Waals surface area contributed by atoms with E-state index in [4.69, 9.17) is 4.74 Å². The number of benzene rings is 1. The van der Waals surface area contributed by atoms with Gasteiger partial charge in [-0.15, -0.1) is 0 Å². The lowest BCUT2D eigenvalue weighted by Gasteiger charge is -2.32. The molecular formula is C27H35FN4O2. The van der Waals surface area contributed by atoms with E-state index >= 15 is 0 Å². The van der Waals surface area contributed by atoms with Crippen molar-refractivity contribution in [1.82, 2.24) is 14.9 Å². The van der Waals surface area contributed by atoms with Crippen LogP contribution in [-0.2, 0) is 11.2 Å². The normalized spacial score (nSPS) is 22.8. The van der Waals surface area contributed by atoms with Crippen molar-refractivity contribution in [2.24, 2.45) is 17.8 Å². The summed E-state index contributed by atoms with van der Waals surface area (Å²) in [6, 6.07) is 4.92. The Hall–Kier alpha value is -2.70. The Bertz CT molecular complexity index is 985. The van der Waals surface area contributed by atoms with Crippen LogP contribution in [0.3, 0.4) is 0 Å². The van der Waals surface area contributed by atoms with Gasteiger partial charge in [0.25, 0.3) is 0 Å². The molecule has 1 aromatic heterocycles. The molecule has 3 heterocycles. The molecule has 1 saturated carbocycles. The number of rotatable bonds is 8. The van der Waals surface area contributed by atoms with E-state index in [1.54, 1.807) is 12.1 Å². The van der Waals surface area contributed by atoms with Crippen molar-refractivity contribution < 1.29 is 13.9 Å². The zero-order valence-electron chi connectivity index (χ0n) is 20.1. The van der Waals surface area contributed by atoms with Crippen LogP contribution >= 0.6 is 0 Å². The lowest BCUT2D eigenvalue weighted by molar-refractivity contribution is -0.129. The highest BCUT2D eigenvalue weighted by molar-refractivity contribution is 5.79. The van der Waals surface area contributed by atoms with Gasteiger partial charge in [0.2, 0.25) is 11.9 Å². The first-order valence-electron chi connectivity index (χ1n) is 12.8. The van der Waals surface area contributed by atoms with E-state index in [1.165, 1.54) is 25.3 Å². The third kappa shape index (κ3) is 5.50. The number of carbonyl (C=O) groups excluding carboxylic acids is 1. The number of hydrogen-bond donors (Lipinski definition) is 0. The van der Waals surface area contributed by atoms with Crippen LogP contribution in [-0.4, -0.2) is 53.6 Å². The van der Waals surface area contributed by atoms with Gasteiger partial charge < -0.3 is 14.5 Å². The van der Waals surface area contributed by atoms with Crippen molar-refractivity contribution in [3.63, 3.8) is 0 Å². The maximum Gasteiger partial charge on any atom is 0.227 e. The second-order valence-electron chi connectivity index (χ2n) is 10.2. The first kappa shape index (κ1) is 23.1. The minimum Gasteiger partial charge on any atom is -0.493 e. The molecule has 7 heteroatoms. The predicted molar refractivity (Wildman–Crippen MR) is 129 cm³/mol. The SMILES string of the molecule is Cc1cnc(N2CCC(C3CC3CCOc3ccc(CC(=O)N4CCCC4)c(F)c3)CC2)nc1. The maximum absolute atomic E-state index is 14.5. The molecule has 2 aliphatic heterocycles. The number of halogens is 1. The molecule has 2 unspecified atom stereocenters. The summed E-state index contributed by atoms with van der Waals surface area (Å²) in [5, 5.41) is 0. The Balaban J connectivity index is 1.02. The van der Waals surface area contributed by atoms with E-state index in [1.807, 2.05) is 24.2 Å². The van der Waals surface area contributed by atoms with Crippen molar-refractivity contribution in [2.75, 3.05) is 37.7 Å². The van der Waals surface area contributed by atoms with Gasteiger partial charge in [-0.25, -0.2) is 14.4 Å². The fourth-order valence-corrected chi connectivity index (χ4v) is 5.59. The summed E-state index contributed by atoms with van der Waals surface area (Å²) in [6.07, 6.45) is 10.7. The van der Waals surface area contributed by atoms with Gasteiger partial charge in [0.05, 0.1) is 13.0 Å². The number of nitrogens with zero attached hydrogens (tertiary/aromatic N) is 4. The molecule has 6 nitrogen and oxygen atoms in total. The van der Waals surface area contributed by atoms with Gasteiger partial charge in [0, 0.05) is 44.6 Å². The number of likely N-dealkylation sites (tertiary alicyclic amines) is 1. The molecule has 3 fully saturated rings. The van der Waals surface area contributed by atoms with Gasteiger partial charge in [0.15, 0.2) is 0 Å². The molecule has 1 aromatic carbocycles.